The largest absolute Gasteiger partial charge is 0.315 e. The van der Waals surface area contributed by atoms with Gasteiger partial charge in [-0.2, -0.15) is 0 Å². The molecule has 1 saturated heterocycles. The van der Waals surface area contributed by atoms with E-state index >= 15 is 0 Å². The summed E-state index contributed by atoms with van der Waals surface area (Å²) in [6.07, 6.45) is 2.33. The Morgan fingerprint density at radius 2 is 2.26 bits per heavy atom. The molecule has 0 saturated carbocycles. The van der Waals surface area contributed by atoms with Crippen LogP contribution in [0.25, 0.3) is 0 Å². The fraction of sp³-hybridized carbons (Fsp3) is 0.571. The molecule has 0 aliphatic carbocycles. The number of benzene rings is 1. The molecule has 0 amide bonds. The fourth-order valence-corrected chi connectivity index (χ4v) is 2.75. The second-order valence-electron chi connectivity index (χ2n) is 4.87. The van der Waals surface area contributed by atoms with Crippen LogP contribution in [0.5, 0.6) is 0 Å². The summed E-state index contributed by atoms with van der Waals surface area (Å²) < 4.78 is 14.1. The van der Waals surface area contributed by atoms with Gasteiger partial charge in [-0.1, -0.05) is 13.0 Å². The van der Waals surface area contributed by atoms with Gasteiger partial charge in [0.15, 0.2) is 0 Å². The predicted molar refractivity (Wildman–Crippen MR) is 83.3 cm³/mol. The molecule has 0 aromatic heterocycles. The number of halogens is 3. The van der Waals surface area contributed by atoms with Gasteiger partial charge in [0.05, 0.1) is 4.47 Å². The van der Waals surface area contributed by atoms with Crippen LogP contribution in [0.2, 0.25) is 0 Å². The van der Waals surface area contributed by atoms with E-state index in [9.17, 15) is 4.39 Å². The molecular weight excluding hydrogens is 331 g/mol. The minimum atomic E-state index is -0.173. The van der Waals surface area contributed by atoms with Crippen LogP contribution in [0.4, 0.5) is 4.39 Å². The third-order valence-electron chi connectivity index (χ3n) is 3.43. The van der Waals surface area contributed by atoms with E-state index in [4.69, 9.17) is 0 Å². The number of hydrogen-bond donors (Lipinski definition) is 1. The van der Waals surface area contributed by atoms with Gasteiger partial charge in [0.2, 0.25) is 0 Å². The average molecular weight is 352 g/mol. The van der Waals surface area contributed by atoms with E-state index in [0.29, 0.717) is 10.5 Å². The van der Waals surface area contributed by atoms with Crippen molar-refractivity contribution in [1.29, 1.82) is 0 Å². The SMILES string of the molecule is CCCN(Cc1ccc(Br)c(F)c1)C1CCNC1.Cl. The highest BCUT2D eigenvalue weighted by Gasteiger charge is 2.21. The molecule has 0 bridgehead atoms. The van der Waals surface area contributed by atoms with Crippen molar-refractivity contribution in [2.45, 2.75) is 32.4 Å². The Hall–Kier alpha value is -0.160. The first kappa shape index (κ1) is 16.9. The smallest absolute Gasteiger partial charge is 0.137 e. The summed E-state index contributed by atoms with van der Waals surface area (Å²) in [5.41, 5.74) is 1.05. The summed E-state index contributed by atoms with van der Waals surface area (Å²) in [6, 6.07) is 6.02. The van der Waals surface area contributed by atoms with Crippen molar-refractivity contribution in [2.75, 3.05) is 19.6 Å². The average Bonchev–Trinajstić information content (AvgIpc) is 2.87. The van der Waals surface area contributed by atoms with Crippen molar-refractivity contribution in [3.05, 3.63) is 34.1 Å². The first-order valence-corrected chi connectivity index (χ1v) is 7.38. The Bertz CT molecular complexity index is 397. The molecule has 2 nitrogen and oxygen atoms in total. The maximum Gasteiger partial charge on any atom is 0.137 e. The van der Waals surface area contributed by atoms with E-state index in [-0.39, 0.29) is 18.2 Å². The lowest BCUT2D eigenvalue weighted by Gasteiger charge is -2.28. The summed E-state index contributed by atoms with van der Waals surface area (Å²) in [7, 11) is 0. The molecule has 1 aliphatic heterocycles. The Labute approximate surface area is 129 Å². The van der Waals surface area contributed by atoms with Gasteiger partial charge in [-0.15, -0.1) is 12.4 Å². The van der Waals surface area contributed by atoms with Crippen LogP contribution in [0, 0.1) is 5.82 Å². The second kappa shape index (κ2) is 8.20. The van der Waals surface area contributed by atoms with Gasteiger partial charge in [0.1, 0.15) is 5.82 Å². The number of hydrogen-bond acceptors (Lipinski definition) is 2. The van der Waals surface area contributed by atoms with Crippen molar-refractivity contribution >= 4 is 28.3 Å². The maximum atomic E-state index is 13.5. The third-order valence-corrected chi connectivity index (χ3v) is 4.07. The molecule has 1 heterocycles. The molecule has 1 atom stereocenters. The van der Waals surface area contributed by atoms with Gasteiger partial charge in [-0.25, -0.2) is 4.39 Å². The zero-order chi connectivity index (χ0) is 13.0. The van der Waals surface area contributed by atoms with Crippen molar-refractivity contribution in [3.63, 3.8) is 0 Å². The third kappa shape index (κ3) is 4.71. The Morgan fingerprint density at radius 1 is 1.47 bits per heavy atom. The van der Waals surface area contributed by atoms with Gasteiger partial charge in [0, 0.05) is 19.1 Å². The van der Waals surface area contributed by atoms with Crippen LogP contribution in [-0.2, 0) is 6.54 Å². The van der Waals surface area contributed by atoms with Crippen molar-refractivity contribution in [1.82, 2.24) is 10.2 Å². The summed E-state index contributed by atoms with van der Waals surface area (Å²) in [5.74, 6) is -0.173. The van der Waals surface area contributed by atoms with E-state index in [0.717, 1.165) is 38.2 Å². The molecule has 1 aromatic rings. The van der Waals surface area contributed by atoms with Gasteiger partial charge < -0.3 is 5.32 Å². The molecule has 1 N–H and O–H groups in total. The van der Waals surface area contributed by atoms with Crippen molar-refractivity contribution < 1.29 is 4.39 Å². The van der Waals surface area contributed by atoms with Crippen LogP contribution >= 0.6 is 28.3 Å². The standard InChI is InChI=1S/C14H20BrFN2.ClH/c1-2-7-18(12-5-6-17-9-12)10-11-3-4-13(15)14(16)8-11;/h3-4,8,12,17H,2,5-7,9-10H2,1H3;1H. The predicted octanol–water partition coefficient (Wildman–Crippen LogP) is 3.58. The molecule has 1 aromatic carbocycles. The number of rotatable bonds is 5. The molecular formula is C14H21BrClFN2. The van der Waals surface area contributed by atoms with Gasteiger partial charge >= 0.3 is 0 Å². The summed E-state index contributed by atoms with van der Waals surface area (Å²) in [6.45, 7) is 6.25. The molecule has 1 aliphatic rings. The van der Waals surface area contributed by atoms with Crippen LogP contribution < -0.4 is 5.32 Å². The summed E-state index contributed by atoms with van der Waals surface area (Å²) in [4.78, 5) is 2.46. The van der Waals surface area contributed by atoms with Crippen LogP contribution in [0.15, 0.2) is 22.7 Å². The summed E-state index contributed by atoms with van der Waals surface area (Å²) >= 11 is 3.19. The van der Waals surface area contributed by atoms with E-state index in [2.05, 4.69) is 33.1 Å². The lowest BCUT2D eigenvalue weighted by Crippen LogP contribution is -2.36. The van der Waals surface area contributed by atoms with E-state index < -0.39 is 0 Å². The maximum absolute atomic E-state index is 13.5. The van der Waals surface area contributed by atoms with Crippen molar-refractivity contribution in [2.24, 2.45) is 0 Å². The van der Waals surface area contributed by atoms with Crippen molar-refractivity contribution in [3.8, 4) is 0 Å². The topological polar surface area (TPSA) is 15.3 Å². The molecule has 0 radical (unpaired) electrons. The van der Waals surface area contributed by atoms with Gasteiger partial charge in [-0.3, -0.25) is 4.90 Å². The van der Waals surface area contributed by atoms with Crippen LogP contribution in [0.1, 0.15) is 25.3 Å². The highest BCUT2D eigenvalue weighted by Crippen LogP contribution is 2.19. The highest BCUT2D eigenvalue weighted by molar-refractivity contribution is 9.10. The molecule has 1 unspecified atom stereocenters. The van der Waals surface area contributed by atoms with Crippen LogP contribution in [0.3, 0.4) is 0 Å². The lowest BCUT2D eigenvalue weighted by molar-refractivity contribution is 0.199. The van der Waals surface area contributed by atoms with Gasteiger partial charge in [0.25, 0.3) is 0 Å². The molecule has 0 spiro atoms. The molecule has 5 heteroatoms. The van der Waals surface area contributed by atoms with E-state index in [1.807, 2.05) is 6.07 Å². The molecule has 2 rings (SSSR count). The molecule has 19 heavy (non-hydrogen) atoms. The zero-order valence-corrected chi connectivity index (χ0v) is 13.6. The summed E-state index contributed by atoms with van der Waals surface area (Å²) in [5, 5.41) is 3.39. The molecule has 108 valence electrons. The Balaban J connectivity index is 0.00000180. The Morgan fingerprint density at radius 3 is 2.84 bits per heavy atom. The quantitative estimate of drug-likeness (QED) is 0.872. The normalized spacial score (nSPS) is 18.6. The first-order valence-electron chi connectivity index (χ1n) is 6.59. The second-order valence-corrected chi connectivity index (χ2v) is 5.72. The number of nitrogens with zero attached hydrogens (tertiary/aromatic N) is 1. The minimum absolute atomic E-state index is 0. The zero-order valence-electron chi connectivity index (χ0n) is 11.2. The number of nitrogens with one attached hydrogen (secondary N) is 1. The minimum Gasteiger partial charge on any atom is -0.315 e. The highest BCUT2D eigenvalue weighted by atomic mass is 79.9. The fourth-order valence-electron chi connectivity index (χ4n) is 2.50. The Kier molecular flexibility index (Phi) is 7.29. The van der Waals surface area contributed by atoms with E-state index in [1.54, 1.807) is 12.1 Å². The van der Waals surface area contributed by atoms with Gasteiger partial charge in [-0.05, 0) is 59.6 Å². The molecule has 1 fully saturated rings. The first-order chi connectivity index (χ1) is 8.70. The van der Waals surface area contributed by atoms with E-state index in [1.165, 1.54) is 6.42 Å². The lowest BCUT2D eigenvalue weighted by atomic mass is 10.1. The van der Waals surface area contributed by atoms with Crippen LogP contribution in [-0.4, -0.2) is 30.6 Å². The monoisotopic (exact) mass is 350 g/mol.